The normalized spacial score (nSPS) is 11.8. The van der Waals surface area contributed by atoms with E-state index in [1.54, 1.807) is 0 Å². The minimum Gasteiger partial charge on any atom is -0.476 e. The van der Waals surface area contributed by atoms with E-state index >= 15 is 0 Å². The zero-order valence-corrected chi connectivity index (χ0v) is 13.2. The van der Waals surface area contributed by atoms with Gasteiger partial charge in [0, 0.05) is 6.54 Å². The van der Waals surface area contributed by atoms with E-state index in [4.69, 9.17) is 9.88 Å². The van der Waals surface area contributed by atoms with Crippen molar-refractivity contribution in [1.82, 2.24) is 14.9 Å². The first-order chi connectivity index (χ1) is 8.78. The summed E-state index contributed by atoms with van der Waals surface area (Å²) in [5.41, 5.74) is 0.210. The molecule has 0 amide bonds. The molecule has 0 saturated heterocycles. The maximum Gasteiger partial charge on any atom is 0.236 e. The van der Waals surface area contributed by atoms with Crippen LogP contribution in [0, 0.1) is 0 Å². The highest BCUT2D eigenvalue weighted by Gasteiger charge is 2.14. The molecule has 0 spiro atoms. The van der Waals surface area contributed by atoms with Crippen molar-refractivity contribution in [2.45, 2.75) is 12.2 Å². The molecule has 108 valence electrons. The van der Waals surface area contributed by atoms with Crippen LogP contribution in [0.15, 0.2) is 10.8 Å². The van der Waals surface area contributed by atoms with E-state index in [-0.39, 0.29) is 11.6 Å². The van der Waals surface area contributed by atoms with Crippen LogP contribution in [0.3, 0.4) is 0 Å². The Morgan fingerprint density at radius 2 is 2.16 bits per heavy atom. The van der Waals surface area contributed by atoms with Crippen LogP contribution in [0.1, 0.15) is 12.1 Å². The van der Waals surface area contributed by atoms with E-state index in [9.17, 15) is 8.42 Å². The second-order valence-corrected chi connectivity index (χ2v) is 6.68. The van der Waals surface area contributed by atoms with Gasteiger partial charge in [0.25, 0.3) is 0 Å². The van der Waals surface area contributed by atoms with Crippen molar-refractivity contribution in [3.63, 3.8) is 0 Å². The van der Waals surface area contributed by atoms with Crippen LogP contribution in [-0.2, 0) is 15.8 Å². The third-order valence-electron chi connectivity index (χ3n) is 2.10. The summed E-state index contributed by atoms with van der Waals surface area (Å²) < 4.78 is 28.1. The lowest BCUT2D eigenvalue weighted by molar-refractivity contribution is 0.270. The number of hydrogen-bond donors (Lipinski definition) is 1. The number of sulfonamides is 1. The fourth-order valence-corrected chi connectivity index (χ4v) is 2.23. The van der Waals surface area contributed by atoms with Gasteiger partial charge in [0.15, 0.2) is 0 Å². The van der Waals surface area contributed by atoms with Crippen LogP contribution in [0.4, 0.5) is 0 Å². The minimum atomic E-state index is -3.67. The van der Waals surface area contributed by atoms with Gasteiger partial charge >= 0.3 is 0 Å². The molecule has 0 radical (unpaired) electrons. The molecule has 0 unspecified atom stereocenters. The number of halogens is 1. The Morgan fingerprint density at radius 3 is 2.74 bits per heavy atom. The molecule has 1 heterocycles. The van der Waals surface area contributed by atoms with E-state index in [1.807, 2.05) is 19.0 Å². The van der Waals surface area contributed by atoms with E-state index < -0.39 is 15.8 Å². The van der Waals surface area contributed by atoms with Gasteiger partial charge in [-0.2, -0.15) is 0 Å². The molecule has 9 heteroatoms. The Balaban J connectivity index is 2.71. The summed E-state index contributed by atoms with van der Waals surface area (Å²) in [6, 6.07) is 0. The van der Waals surface area contributed by atoms with E-state index in [0.717, 1.165) is 13.0 Å². The molecule has 0 aliphatic heterocycles. The first-order valence-electron chi connectivity index (χ1n) is 5.57. The third kappa shape index (κ3) is 6.81. The SMILES string of the molecule is CN(C)CCCOc1ncc(Br)nc1CS(N)(=O)=O. The quantitative estimate of drug-likeness (QED) is 0.711. The zero-order valence-electron chi connectivity index (χ0n) is 10.8. The number of ether oxygens (including phenoxy) is 1. The molecule has 1 aromatic heterocycles. The molecule has 0 bridgehead atoms. The van der Waals surface area contributed by atoms with E-state index in [0.29, 0.717) is 11.2 Å². The fourth-order valence-electron chi connectivity index (χ4n) is 1.35. The van der Waals surface area contributed by atoms with Crippen LogP contribution < -0.4 is 9.88 Å². The highest BCUT2D eigenvalue weighted by molar-refractivity contribution is 9.10. The van der Waals surface area contributed by atoms with Gasteiger partial charge in [-0.15, -0.1) is 0 Å². The van der Waals surface area contributed by atoms with Gasteiger partial charge in [-0.3, -0.25) is 0 Å². The lowest BCUT2D eigenvalue weighted by Crippen LogP contribution is -2.18. The van der Waals surface area contributed by atoms with Crippen LogP contribution >= 0.6 is 15.9 Å². The van der Waals surface area contributed by atoms with Gasteiger partial charge < -0.3 is 9.64 Å². The van der Waals surface area contributed by atoms with Crippen LogP contribution in [0.2, 0.25) is 0 Å². The van der Waals surface area contributed by atoms with Crippen molar-refractivity contribution in [3.05, 3.63) is 16.5 Å². The summed E-state index contributed by atoms with van der Waals surface area (Å²) in [4.78, 5) is 10.1. The maximum absolute atomic E-state index is 11.1. The van der Waals surface area contributed by atoms with Gasteiger partial charge in [0.2, 0.25) is 15.9 Å². The minimum absolute atomic E-state index is 0.205. The molecule has 0 fully saturated rings. The average molecular weight is 353 g/mol. The van der Waals surface area contributed by atoms with Crippen LogP contribution in [-0.4, -0.2) is 50.5 Å². The summed E-state index contributed by atoms with van der Waals surface area (Å²) in [5.74, 6) is -0.196. The lowest BCUT2D eigenvalue weighted by Gasteiger charge is -2.11. The molecule has 0 aromatic carbocycles. The molecule has 0 aliphatic rings. The van der Waals surface area contributed by atoms with Crippen molar-refractivity contribution in [1.29, 1.82) is 0 Å². The van der Waals surface area contributed by atoms with Gasteiger partial charge in [-0.05, 0) is 36.4 Å². The molecule has 0 aliphatic carbocycles. The molecule has 2 N–H and O–H groups in total. The largest absolute Gasteiger partial charge is 0.476 e. The number of nitrogens with two attached hydrogens (primary N) is 1. The number of aromatic nitrogens is 2. The van der Waals surface area contributed by atoms with Gasteiger partial charge in [0.05, 0.1) is 12.8 Å². The van der Waals surface area contributed by atoms with Crippen molar-refractivity contribution in [2.75, 3.05) is 27.2 Å². The molecule has 0 atom stereocenters. The van der Waals surface area contributed by atoms with Crippen molar-refractivity contribution < 1.29 is 13.2 Å². The average Bonchev–Trinajstić information content (AvgIpc) is 2.24. The van der Waals surface area contributed by atoms with Crippen molar-refractivity contribution in [2.24, 2.45) is 5.14 Å². The van der Waals surface area contributed by atoms with E-state index in [1.165, 1.54) is 6.20 Å². The van der Waals surface area contributed by atoms with Gasteiger partial charge in [-0.25, -0.2) is 23.5 Å². The summed E-state index contributed by atoms with van der Waals surface area (Å²) in [6.07, 6.45) is 2.26. The molecule has 1 rings (SSSR count). The molecule has 19 heavy (non-hydrogen) atoms. The highest BCUT2D eigenvalue weighted by Crippen LogP contribution is 2.18. The van der Waals surface area contributed by atoms with Crippen molar-refractivity contribution >= 4 is 26.0 Å². The lowest BCUT2D eigenvalue weighted by atomic mass is 10.4. The Bertz CT molecular complexity index is 522. The predicted octanol–water partition coefficient (Wildman–Crippen LogP) is 0.358. The fraction of sp³-hybridized carbons (Fsp3) is 0.600. The smallest absolute Gasteiger partial charge is 0.236 e. The van der Waals surface area contributed by atoms with Gasteiger partial charge in [0.1, 0.15) is 16.0 Å². The first-order valence-corrected chi connectivity index (χ1v) is 8.08. The summed E-state index contributed by atoms with van der Waals surface area (Å²) in [6.45, 7) is 1.31. The Morgan fingerprint density at radius 1 is 1.47 bits per heavy atom. The van der Waals surface area contributed by atoms with Crippen LogP contribution in [0.25, 0.3) is 0 Å². The molecular formula is C10H17BrN4O3S. The first kappa shape index (κ1) is 16.3. The number of rotatable bonds is 7. The molecule has 7 nitrogen and oxygen atoms in total. The second kappa shape index (κ2) is 7.13. The highest BCUT2D eigenvalue weighted by atomic mass is 79.9. The maximum atomic E-state index is 11.1. The second-order valence-electron chi connectivity index (χ2n) is 4.26. The van der Waals surface area contributed by atoms with Crippen molar-refractivity contribution in [3.8, 4) is 5.88 Å². The summed E-state index contributed by atoms with van der Waals surface area (Å²) >= 11 is 3.13. The zero-order chi connectivity index (χ0) is 14.5. The Labute approximate surface area is 121 Å². The summed E-state index contributed by atoms with van der Waals surface area (Å²) in [7, 11) is 0.256. The third-order valence-corrected chi connectivity index (χ3v) is 3.16. The van der Waals surface area contributed by atoms with E-state index in [2.05, 4.69) is 25.9 Å². The topological polar surface area (TPSA) is 98.4 Å². The predicted molar refractivity (Wildman–Crippen MR) is 75.2 cm³/mol. The number of hydrogen-bond acceptors (Lipinski definition) is 6. The molecular weight excluding hydrogens is 336 g/mol. The Hall–Kier alpha value is -0.770. The standard InChI is InChI=1S/C10H17BrN4O3S/c1-15(2)4-3-5-18-10-8(7-19(12,16)17)14-9(11)6-13-10/h6H,3-5,7H2,1-2H3,(H2,12,16,17). The molecule has 0 saturated carbocycles. The summed E-state index contributed by atoms with van der Waals surface area (Å²) in [5, 5.41) is 5.01. The molecule has 1 aromatic rings. The van der Waals surface area contributed by atoms with Crippen LogP contribution in [0.5, 0.6) is 5.88 Å². The number of primary sulfonamides is 1. The number of nitrogens with zero attached hydrogens (tertiary/aromatic N) is 3. The Kier molecular flexibility index (Phi) is 6.11. The monoisotopic (exact) mass is 352 g/mol. The van der Waals surface area contributed by atoms with Gasteiger partial charge in [-0.1, -0.05) is 0 Å².